The van der Waals surface area contributed by atoms with Gasteiger partial charge in [0.05, 0.1) is 0 Å². The number of rotatable bonds is 4. The summed E-state index contributed by atoms with van der Waals surface area (Å²) in [7, 11) is 0. The fourth-order valence-corrected chi connectivity index (χ4v) is 2.43. The van der Waals surface area contributed by atoms with E-state index in [1.807, 2.05) is 0 Å². The summed E-state index contributed by atoms with van der Waals surface area (Å²) in [6.07, 6.45) is 5.62. The van der Waals surface area contributed by atoms with E-state index in [-0.39, 0.29) is 0 Å². The summed E-state index contributed by atoms with van der Waals surface area (Å²) in [5, 5.41) is 0. The Labute approximate surface area is 75.1 Å². The Morgan fingerprint density at radius 2 is 2.00 bits per heavy atom. The number of hydrogen-bond acceptors (Lipinski definition) is 2. The van der Waals surface area contributed by atoms with Crippen LogP contribution in [0.1, 0.15) is 32.6 Å². The van der Waals surface area contributed by atoms with Crippen LogP contribution >= 0.6 is 0 Å². The minimum absolute atomic E-state index is 0.811. The third-order valence-corrected chi connectivity index (χ3v) is 3.49. The van der Waals surface area contributed by atoms with Gasteiger partial charge in [-0.2, -0.15) is 0 Å². The van der Waals surface area contributed by atoms with Crippen LogP contribution in [0.2, 0.25) is 0 Å². The molecule has 0 aromatic rings. The van der Waals surface area contributed by atoms with E-state index in [9.17, 15) is 0 Å². The third-order valence-electron chi connectivity index (χ3n) is 3.49. The molecule has 2 saturated carbocycles. The lowest BCUT2D eigenvalue weighted by molar-refractivity contribution is 0.0644. The van der Waals surface area contributed by atoms with Gasteiger partial charge in [0.1, 0.15) is 0 Å². The SMILES string of the molecule is CCN(C1CC1)C1CCC1CN. The summed E-state index contributed by atoms with van der Waals surface area (Å²) in [4.78, 5) is 2.68. The normalized spacial score (nSPS) is 35.2. The van der Waals surface area contributed by atoms with E-state index >= 15 is 0 Å². The second-order valence-electron chi connectivity index (χ2n) is 4.20. The zero-order valence-electron chi connectivity index (χ0n) is 8.00. The Bertz CT molecular complexity index is 152. The van der Waals surface area contributed by atoms with Crippen LogP contribution < -0.4 is 5.73 Å². The van der Waals surface area contributed by atoms with Crippen LogP contribution in [-0.4, -0.2) is 30.1 Å². The van der Waals surface area contributed by atoms with Crippen molar-refractivity contribution in [3.8, 4) is 0 Å². The fourth-order valence-electron chi connectivity index (χ4n) is 2.43. The lowest BCUT2D eigenvalue weighted by atomic mass is 9.78. The zero-order valence-corrected chi connectivity index (χ0v) is 8.00. The van der Waals surface area contributed by atoms with E-state index in [0.29, 0.717) is 0 Å². The van der Waals surface area contributed by atoms with Gasteiger partial charge in [0, 0.05) is 12.1 Å². The number of hydrogen-bond donors (Lipinski definition) is 1. The van der Waals surface area contributed by atoms with E-state index in [2.05, 4.69) is 11.8 Å². The summed E-state index contributed by atoms with van der Waals surface area (Å²) < 4.78 is 0. The van der Waals surface area contributed by atoms with Crippen LogP contribution in [0.15, 0.2) is 0 Å². The molecule has 70 valence electrons. The highest BCUT2D eigenvalue weighted by molar-refractivity contribution is 4.95. The first-order valence-electron chi connectivity index (χ1n) is 5.32. The molecule has 0 amide bonds. The average Bonchev–Trinajstić information content (AvgIpc) is 2.81. The number of nitrogens with two attached hydrogens (primary N) is 1. The average molecular weight is 168 g/mol. The van der Waals surface area contributed by atoms with Crippen molar-refractivity contribution in [2.45, 2.75) is 44.7 Å². The van der Waals surface area contributed by atoms with Crippen LogP contribution in [0.3, 0.4) is 0 Å². The van der Waals surface area contributed by atoms with Crippen molar-refractivity contribution in [2.24, 2.45) is 11.7 Å². The van der Waals surface area contributed by atoms with Gasteiger partial charge < -0.3 is 5.73 Å². The molecule has 0 radical (unpaired) electrons. The molecular weight excluding hydrogens is 148 g/mol. The van der Waals surface area contributed by atoms with Gasteiger partial charge in [-0.1, -0.05) is 6.92 Å². The standard InChI is InChI=1S/C10H20N2/c1-2-12(9-4-5-9)10-6-3-8(10)7-11/h8-10H,2-7,11H2,1H3. The van der Waals surface area contributed by atoms with Crippen molar-refractivity contribution in [2.75, 3.05) is 13.1 Å². The quantitative estimate of drug-likeness (QED) is 0.683. The summed E-state index contributed by atoms with van der Waals surface area (Å²) in [6, 6.07) is 1.77. The molecule has 12 heavy (non-hydrogen) atoms. The highest BCUT2D eigenvalue weighted by Crippen LogP contribution is 2.38. The van der Waals surface area contributed by atoms with Crippen LogP contribution in [0.25, 0.3) is 0 Å². The van der Waals surface area contributed by atoms with Crippen molar-refractivity contribution < 1.29 is 0 Å². The van der Waals surface area contributed by atoms with Gasteiger partial charge in [-0.05, 0) is 44.7 Å². The molecule has 0 spiro atoms. The predicted molar refractivity (Wildman–Crippen MR) is 51.0 cm³/mol. The molecule has 2 aliphatic carbocycles. The van der Waals surface area contributed by atoms with Gasteiger partial charge in [-0.25, -0.2) is 0 Å². The number of nitrogens with zero attached hydrogens (tertiary/aromatic N) is 1. The molecule has 2 unspecified atom stereocenters. The third kappa shape index (κ3) is 1.38. The molecule has 2 heteroatoms. The highest BCUT2D eigenvalue weighted by Gasteiger charge is 2.40. The molecule has 2 atom stereocenters. The highest BCUT2D eigenvalue weighted by atomic mass is 15.2. The maximum absolute atomic E-state index is 5.71. The van der Waals surface area contributed by atoms with Crippen molar-refractivity contribution in [1.29, 1.82) is 0 Å². The summed E-state index contributed by atoms with van der Waals surface area (Å²) in [5.41, 5.74) is 5.71. The fraction of sp³-hybridized carbons (Fsp3) is 1.00. The van der Waals surface area contributed by atoms with Gasteiger partial charge in [0.15, 0.2) is 0 Å². The molecule has 2 nitrogen and oxygen atoms in total. The summed E-state index contributed by atoms with van der Waals surface area (Å²) in [5.74, 6) is 0.811. The van der Waals surface area contributed by atoms with E-state index in [4.69, 9.17) is 5.73 Å². The molecule has 2 rings (SSSR count). The first-order valence-corrected chi connectivity index (χ1v) is 5.32. The Balaban J connectivity index is 1.87. The Hall–Kier alpha value is -0.0800. The lowest BCUT2D eigenvalue weighted by Gasteiger charge is -2.44. The van der Waals surface area contributed by atoms with Gasteiger partial charge in [0.25, 0.3) is 0 Å². The van der Waals surface area contributed by atoms with Crippen molar-refractivity contribution in [3.63, 3.8) is 0 Å². The molecule has 0 aromatic heterocycles. The Kier molecular flexibility index (Phi) is 2.37. The Morgan fingerprint density at radius 3 is 2.33 bits per heavy atom. The first-order chi connectivity index (χ1) is 5.86. The van der Waals surface area contributed by atoms with E-state index in [1.54, 1.807) is 0 Å². The van der Waals surface area contributed by atoms with Gasteiger partial charge in [-0.3, -0.25) is 4.90 Å². The molecular formula is C10H20N2. The van der Waals surface area contributed by atoms with Crippen molar-refractivity contribution in [3.05, 3.63) is 0 Å². The molecule has 0 aliphatic heterocycles. The zero-order chi connectivity index (χ0) is 8.55. The summed E-state index contributed by atoms with van der Waals surface area (Å²) in [6.45, 7) is 4.41. The summed E-state index contributed by atoms with van der Waals surface area (Å²) >= 11 is 0. The monoisotopic (exact) mass is 168 g/mol. The first kappa shape index (κ1) is 8.52. The van der Waals surface area contributed by atoms with Gasteiger partial charge >= 0.3 is 0 Å². The van der Waals surface area contributed by atoms with Crippen LogP contribution in [0, 0.1) is 5.92 Å². The molecule has 2 N–H and O–H groups in total. The van der Waals surface area contributed by atoms with Crippen LogP contribution in [0.4, 0.5) is 0 Å². The minimum atomic E-state index is 0.811. The molecule has 0 heterocycles. The predicted octanol–water partition coefficient (Wildman–Crippen LogP) is 1.21. The molecule has 0 aromatic carbocycles. The topological polar surface area (TPSA) is 29.3 Å². The van der Waals surface area contributed by atoms with Crippen molar-refractivity contribution >= 4 is 0 Å². The molecule has 0 saturated heterocycles. The second kappa shape index (κ2) is 3.35. The lowest BCUT2D eigenvalue weighted by Crippen LogP contribution is -2.50. The molecule has 2 aliphatic rings. The minimum Gasteiger partial charge on any atom is -0.330 e. The molecule has 2 fully saturated rings. The second-order valence-corrected chi connectivity index (χ2v) is 4.20. The Morgan fingerprint density at radius 1 is 1.25 bits per heavy atom. The van der Waals surface area contributed by atoms with Crippen LogP contribution in [-0.2, 0) is 0 Å². The van der Waals surface area contributed by atoms with E-state index in [1.165, 1.54) is 32.2 Å². The van der Waals surface area contributed by atoms with Crippen molar-refractivity contribution in [1.82, 2.24) is 4.90 Å². The van der Waals surface area contributed by atoms with E-state index in [0.717, 1.165) is 24.5 Å². The maximum atomic E-state index is 5.71. The van der Waals surface area contributed by atoms with Gasteiger partial charge in [-0.15, -0.1) is 0 Å². The molecule has 0 bridgehead atoms. The smallest absolute Gasteiger partial charge is 0.0138 e. The van der Waals surface area contributed by atoms with Gasteiger partial charge in [0.2, 0.25) is 0 Å². The van der Waals surface area contributed by atoms with Crippen LogP contribution in [0.5, 0.6) is 0 Å². The van der Waals surface area contributed by atoms with E-state index < -0.39 is 0 Å². The maximum Gasteiger partial charge on any atom is 0.0138 e. The largest absolute Gasteiger partial charge is 0.330 e.